The summed E-state index contributed by atoms with van der Waals surface area (Å²) < 4.78 is 13.9. The SMILES string of the molecule is NCC(C(=O)Cc1ccc2ccccc2c1)c1ccccc1F. The van der Waals surface area contributed by atoms with Crippen LogP contribution in [0.15, 0.2) is 66.7 Å². The maximum atomic E-state index is 13.9. The van der Waals surface area contributed by atoms with E-state index in [0.29, 0.717) is 5.56 Å². The molecule has 3 aromatic carbocycles. The first-order chi connectivity index (χ1) is 11.2. The van der Waals surface area contributed by atoms with Crippen LogP contribution in [0.2, 0.25) is 0 Å². The second-order valence-electron chi connectivity index (χ2n) is 5.63. The van der Waals surface area contributed by atoms with Gasteiger partial charge < -0.3 is 5.73 Å². The van der Waals surface area contributed by atoms with Crippen molar-refractivity contribution >= 4 is 16.6 Å². The summed E-state index contributed by atoms with van der Waals surface area (Å²) in [7, 11) is 0. The zero-order valence-electron chi connectivity index (χ0n) is 12.7. The maximum Gasteiger partial charge on any atom is 0.146 e. The van der Waals surface area contributed by atoms with Crippen molar-refractivity contribution in [2.45, 2.75) is 12.3 Å². The summed E-state index contributed by atoms with van der Waals surface area (Å²) in [5, 5.41) is 2.22. The van der Waals surface area contributed by atoms with Crippen molar-refractivity contribution in [1.82, 2.24) is 0 Å². The van der Waals surface area contributed by atoms with Crippen LogP contribution in [-0.2, 0) is 11.2 Å². The third kappa shape index (κ3) is 3.30. The molecule has 23 heavy (non-hydrogen) atoms. The topological polar surface area (TPSA) is 43.1 Å². The second-order valence-corrected chi connectivity index (χ2v) is 5.63. The van der Waals surface area contributed by atoms with Crippen LogP contribution in [0.5, 0.6) is 0 Å². The molecule has 0 bridgehead atoms. The van der Waals surface area contributed by atoms with Gasteiger partial charge in [0.2, 0.25) is 0 Å². The van der Waals surface area contributed by atoms with Crippen molar-refractivity contribution < 1.29 is 9.18 Å². The van der Waals surface area contributed by atoms with Gasteiger partial charge in [0, 0.05) is 13.0 Å². The highest BCUT2D eigenvalue weighted by Crippen LogP contribution is 2.22. The summed E-state index contributed by atoms with van der Waals surface area (Å²) in [5.41, 5.74) is 7.03. The van der Waals surface area contributed by atoms with Crippen molar-refractivity contribution in [3.8, 4) is 0 Å². The molecule has 0 aromatic heterocycles. The molecule has 1 atom stereocenters. The number of rotatable bonds is 5. The average molecular weight is 307 g/mol. The van der Waals surface area contributed by atoms with Crippen LogP contribution < -0.4 is 5.73 Å². The Morgan fingerprint density at radius 3 is 2.39 bits per heavy atom. The Morgan fingerprint density at radius 1 is 0.957 bits per heavy atom. The van der Waals surface area contributed by atoms with Gasteiger partial charge in [-0.1, -0.05) is 60.7 Å². The monoisotopic (exact) mass is 307 g/mol. The minimum Gasteiger partial charge on any atom is -0.329 e. The number of carbonyl (C=O) groups excluding carboxylic acids is 1. The molecule has 116 valence electrons. The van der Waals surface area contributed by atoms with Crippen LogP contribution in [0.4, 0.5) is 4.39 Å². The van der Waals surface area contributed by atoms with Crippen molar-refractivity contribution in [3.05, 3.63) is 83.7 Å². The van der Waals surface area contributed by atoms with Gasteiger partial charge in [-0.2, -0.15) is 0 Å². The molecule has 3 aromatic rings. The van der Waals surface area contributed by atoms with E-state index >= 15 is 0 Å². The van der Waals surface area contributed by atoms with Gasteiger partial charge in [-0.25, -0.2) is 4.39 Å². The van der Waals surface area contributed by atoms with Gasteiger partial charge in [-0.15, -0.1) is 0 Å². The maximum absolute atomic E-state index is 13.9. The molecule has 3 rings (SSSR count). The number of carbonyl (C=O) groups is 1. The number of hydrogen-bond donors (Lipinski definition) is 1. The molecule has 0 heterocycles. The Morgan fingerprint density at radius 2 is 1.65 bits per heavy atom. The predicted octanol–water partition coefficient (Wildman–Crippen LogP) is 3.83. The number of Topliss-reactive ketones (excluding diaryl/α,β-unsaturated/α-hetero) is 1. The molecule has 0 aliphatic carbocycles. The van der Waals surface area contributed by atoms with Gasteiger partial charge in [-0.05, 0) is 28.0 Å². The number of ketones is 1. The van der Waals surface area contributed by atoms with Crippen molar-refractivity contribution in [3.63, 3.8) is 0 Å². The molecule has 0 aliphatic rings. The molecule has 2 N–H and O–H groups in total. The summed E-state index contributed by atoms with van der Waals surface area (Å²) >= 11 is 0. The molecule has 1 unspecified atom stereocenters. The summed E-state index contributed by atoms with van der Waals surface area (Å²) in [4.78, 5) is 12.6. The van der Waals surface area contributed by atoms with Gasteiger partial charge in [0.1, 0.15) is 11.6 Å². The minimum atomic E-state index is -0.609. The normalized spacial score (nSPS) is 12.3. The molecule has 3 heteroatoms. The summed E-state index contributed by atoms with van der Waals surface area (Å²) in [6, 6.07) is 20.3. The molecular weight excluding hydrogens is 289 g/mol. The van der Waals surface area contributed by atoms with Crippen LogP contribution in [0.1, 0.15) is 17.0 Å². The average Bonchev–Trinajstić information content (AvgIpc) is 2.57. The lowest BCUT2D eigenvalue weighted by Gasteiger charge is -2.15. The van der Waals surface area contributed by atoms with E-state index in [1.807, 2.05) is 42.5 Å². The van der Waals surface area contributed by atoms with E-state index in [1.165, 1.54) is 6.07 Å². The first-order valence-corrected chi connectivity index (χ1v) is 7.64. The molecule has 2 nitrogen and oxygen atoms in total. The summed E-state index contributed by atoms with van der Waals surface area (Å²) in [6.07, 6.45) is 0.251. The predicted molar refractivity (Wildman–Crippen MR) is 90.9 cm³/mol. The van der Waals surface area contributed by atoms with Crippen molar-refractivity contribution in [1.29, 1.82) is 0 Å². The van der Waals surface area contributed by atoms with Gasteiger partial charge in [0.15, 0.2) is 0 Å². The van der Waals surface area contributed by atoms with E-state index in [0.717, 1.165) is 16.3 Å². The van der Waals surface area contributed by atoms with Crippen LogP contribution in [0, 0.1) is 5.82 Å². The number of hydrogen-bond acceptors (Lipinski definition) is 2. The standard InChI is InChI=1S/C20H18FNO/c21-19-8-4-3-7-17(19)18(13-22)20(23)12-14-9-10-15-5-1-2-6-16(15)11-14/h1-11,18H,12-13,22H2. The van der Waals surface area contributed by atoms with E-state index in [4.69, 9.17) is 5.73 Å². The van der Waals surface area contributed by atoms with E-state index in [2.05, 4.69) is 0 Å². The lowest BCUT2D eigenvalue weighted by Crippen LogP contribution is -2.24. The first-order valence-electron chi connectivity index (χ1n) is 7.64. The fourth-order valence-electron chi connectivity index (χ4n) is 2.86. The van der Waals surface area contributed by atoms with Crippen LogP contribution in [0.25, 0.3) is 10.8 Å². The fraction of sp³-hybridized carbons (Fsp3) is 0.150. The Labute approximate surface area is 134 Å². The van der Waals surface area contributed by atoms with E-state index < -0.39 is 5.92 Å². The number of benzene rings is 3. The van der Waals surface area contributed by atoms with Crippen LogP contribution >= 0.6 is 0 Å². The largest absolute Gasteiger partial charge is 0.329 e. The lowest BCUT2D eigenvalue weighted by molar-refractivity contribution is -0.119. The van der Waals surface area contributed by atoms with Crippen LogP contribution in [0.3, 0.4) is 0 Å². The minimum absolute atomic E-state index is 0.0621. The molecule has 0 amide bonds. The summed E-state index contributed by atoms with van der Waals surface area (Å²) in [5.74, 6) is -1.05. The smallest absolute Gasteiger partial charge is 0.146 e. The fourth-order valence-corrected chi connectivity index (χ4v) is 2.86. The Kier molecular flexibility index (Phi) is 4.49. The summed E-state index contributed by atoms with van der Waals surface area (Å²) in [6.45, 7) is 0.105. The molecule has 0 saturated carbocycles. The Hall–Kier alpha value is -2.52. The van der Waals surface area contributed by atoms with Crippen molar-refractivity contribution in [2.75, 3.05) is 6.54 Å². The van der Waals surface area contributed by atoms with E-state index in [9.17, 15) is 9.18 Å². The van der Waals surface area contributed by atoms with Gasteiger partial charge in [0.05, 0.1) is 5.92 Å². The Balaban J connectivity index is 1.85. The third-order valence-electron chi connectivity index (χ3n) is 4.10. The van der Waals surface area contributed by atoms with Crippen molar-refractivity contribution in [2.24, 2.45) is 5.73 Å². The zero-order chi connectivity index (χ0) is 16.2. The number of halogens is 1. The number of nitrogens with two attached hydrogens (primary N) is 1. The molecule has 0 aliphatic heterocycles. The number of fused-ring (bicyclic) bond motifs is 1. The third-order valence-corrected chi connectivity index (χ3v) is 4.10. The van der Waals surface area contributed by atoms with E-state index in [1.54, 1.807) is 18.2 Å². The van der Waals surface area contributed by atoms with Crippen LogP contribution in [-0.4, -0.2) is 12.3 Å². The Bertz CT molecular complexity index is 844. The molecule has 0 fully saturated rings. The lowest BCUT2D eigenvalue weighted by atomic mass is 9.90. The zero-order valence-corrected chi connectivity index (χ0v) is 12.7. The van der Waals surface area contributed by atoms with E-state index in [-0.39, 0.29) is 24.6 Å². The second kappa shape index (κ2) is 6.71. The molecule has 0 spiro atoms. The van der Waals surface area contributed by atoms with Gasteiger partial charge >= 0.3 is 0 Å². The first kappa shape index (κ1) is 15.4. The molecule has 0 saturated heterocycles. The molecule has 0 radical (unpaired) electrons. The quantitative estimate of drug-likeness (QED) is 0.778. The highest BCUT2D eigenvalue weighted by atomic mass is 19.1. The van der Waals surface area contributed by atoms with Gasteiger partial charge in [-0.3, -0.25) is 4.79 Å². The highest BCUT2D eigenvalue weighted by molar-refractivity contribution is 5.90. The van der Waals surface area contributed by atoms with Gasteiger partial charge in [0.25, 0.3) is 0 Å². The highest BCUT2D eigenvalue weighted by Gasteiger charge is 2.22. The molecular formula is C20H18FNO.